The third-order valence-electron chi connectivity index (χ3n) is 3.65. The van der Waals surface area contributed by atoms with Gasteiger partial charge in [0.1, 0.15) is 0 Å². The monoisotopic (exact) mass is 328 g/mol. The topological polar surface area (TPSA) is 0 Å². The van der Waals surface area contributed by atoms with Crippen LogP contribution in [-0.2, 0) is 0 Å². The van der Waals surface area contributed by atoms with Crippen molar-refractivity contribution < 1.29 is 0 Å². The van der Waals surface area contributed by atoms with Crippen LogP contribution in [-0.4, -0.2) is 15.0 Å². The van der Waals surface area contributed by atoms with E-state index in [-0.39, 0.29) is 5.41 Å². The van der Waals surface area contributed by atoms with Crippen LogP contribution in [0, 0.1) is 5.41 Å². The van der Waals surface area contributed by atoms with Gasteiger partial charge in [-0.25, -0.2) is 0 Å². The summed E-state index contributed by atoms with van der Waals surface area (Å²) in [5, 5.41) is 0. The Kier molecular flexibility index (Phi) is 3.58. The molecule has 0 radical (unpaired) electrons. The number of benzene rings is 2. The minimum absolute atomic E-state index is 0.264. The van der Waals surface area contributed by atoms with Gasteiger partial charge in [-0.2, -0.15) is 0 Å². The Hall–Kier alpha value is -1.30. The number of allylic oxidation sites excluding steroid dienone is 1. The molecule has 0 fully saturated rings. The molecule has 0 bridgehead atoms. The molecule has 20 heavy (non-hydrogen) atoms. The fraction of sp³-hybridized carbons (Fsp3) is 0.263. The zero-order valence-electron chi connectivity index (χ0n) is 12.3. The van der Waals surface area contributed by atoms with Crippen molar-refractivity contribution >= 4 is 21.0 Å². The van der Waals surface area contributed by atoms with E-state index in [1.807, 2.05) is 0 Å². The summed E-state index contributed by atoms with van der Waals surface area (Å²) in [6, 6.07) is 19.8. The molecule has 1 heterocycles. The predicted molar refractivity (Wildman–Crippen MR) is 87.9 cm³/mol. The van der Waals surface area contributed by atoms with Gasteiger partial charge in [-0.15, -0.1) is 0 Å². The van der Waals surface area contributed by atoms with Gasteiger partial charge in [0, 0.05) is 0 Å². The minimum atomic E-state index is 0.264. The second-order valence-electron chi connectivity index (χ2n) is 6.30. The summed E-state index contributed by atoms with van der Waals surface area (Å²) >= 11 is 0.480. The Morgan fingerprint density at radius 2 is 1.50 bits per heavy atom. The van der Waals surface area contributed by atoms with Gasteiger partial charge < -0.3 is 0 Å². The first-order valence-electron chi connectivity index (χ1n) is 7.08. The number of hydrogen-bond donors (Lipinski definition) is 0. The molecule has 0 N–H and O–H groups in total. The van der Waals surface area contributed by atoms with Crippen LogP contribution in [0.5, 0.6) is 0 Å². The van der Waals surface area contributed by atoms with Crippen LogP contribution >= 0.6 is 0 Å². The summed E-state index contributed by atoms with van der Waals surface area (Å²) in [5.74, 6) is 0. The summed E-state index contributed by atoms with van der Waals surface area (Å²) in [7, 11) is 0. The zero-order chi connectivity index (χ0) is 14.2. The van der Waals surface area contributed by atoms with E-state index in [1.165, 1.54) is 16.7 Å². The number of rotatable bonds is 1. The first-order valence-corrected chi connectivity index (χ1v) is 8.93. The summed E-state index contributed by atoms with van der Waals surface area (Å²) in [5.41, 5.74) is 4.61. The maximum absolute atomic E-state index is 2.43. The molecule has 2 aromatic rings. The molecule has 1 atom stereocenters. The van der Waals surface area contributed by atoms with E-state index < -0.39 is 0 Å². The van der Waals surface area contributed by atoms with E-state index >= 15 is 0 Å². The van der Waals surface area contributed by atoms with E-state index in [2.05, 4.69) is 81.4 Å². The van der Waals surface area contributed by atoms with Crippen LogP contribution in [0.25, 0.3) is 6.08 Å². The Labute approximate surface area is 128 Å². The Morgan fingerprint density at radius 3 is 2.20 bits per heavy atom. The molecule has 1 aliphatic rings. The van der Waals surface area contributed by atoms with Gasteiger partial charge in [-0.1, -0.05) is 0 Å². The predicted octanol–water partition coefficient (Wildman–Crippen LogP) is 4.88. The average Bonchev–Trinajstić information content (AvgIpc) is 2.46. The molecule has 3 rings (SSSR count). The van der Waals surface area contributed by atoms with Gasteiger partial charge in [0.2, 0.25) is 0 Å². The second-order valence-corrected chi connectivity index (χ2v) is 8.70. The van der Waals surface area contributed by atoms with Crippen LogP contribution in [0.1, 0.15) is 42.3 Å². The molecule has 0 nitrogen and oxygen atoms in total. The van der Waals surface area contributed by atoms with Crippen molar-refractivity contribution in [3.05, 3.63) is 75.8 Å². The quantitative estimate of drug-likeness (QED) is 0.655. The van der Waals surface area contributed by atoms with Crippen molar-refractivity contribution in [3.63, 3.8) is 0 Å². The molecular weight excluding hydrogens is 307 g/mol. The standard InChI is InChI=1S/C19H20Se/c1-19(2,3)17-13-15-11-7-8-12-16(15)18(20-17)14-9-5-4-6-10-14/h4-13,18H,1-3H3. The van der Waals surface area contributed by atoms with Crippen molar-refractivity contribution in [3.8, 4) is 0 Å². The molecule has 1 aliphatic heterocycles. The van der Waals surface area contributed by atoms with Gasteiger partial charge in [0.05, 0.1) is 0 Å². The van der Waals surface area contributed by atoms with Crippen LogP contribution in [0.2, 0.25) is 0 Å². The fourth-order valence-corrected chi connectivity index (χ4v) is 5.53. The Balaban J connectivity index is 2.11. The molecule has 0 aliphatic carbocycles. The summed E-state index contributed by atoms with van der Waals surface area (Å²) < 4.78 is 1.61. The molecular formula is C19H20Se. The molecule has 0 spiro atoms. The van der Waals surface area contributed by atoms with Gasteiger partial charge >= 0.3 is 128 Å². The van der Waals surface area contributed by atoms with Gasteiger partial charge in [0.25, 0.3) is 0 Å². The molecule has 0 saturated carbocycles. The third kappa shape index (κ3) is 2.61. The molecule has 0 aromatic heterocycles. The molecule has 2 aromatic carbocycles. The van der Waals surface area contributed by atoms with Gasteiger partial charge in [-0.05, 0) is 0 Å². The van der Waals surface area contributed by atoms with Crippen molar-refractivity contribution in [2.45, 2.75) is 25.6 Å². The molecule has 0 saturated heterocycles. The number of fused-ring (bicyclic) bond motifs is 1. The summed E-state index contributed by atoms with van der Waals surface area (Å²) in [6.07, 6.45) is 2.43. The normalized spacial score (nSPS) is 18.4. The number of hydrogen-bond acceptors (Lipinski definition) is 0. The van der Waals surface area contributed by atoms with Crippen LogP contribution < -0.4 is 0 Å². The van der Waals surface area contributed by atoms with E-state index in [4.69, 9.17) is 0 Å². The van der Waals surface area contributed by atoms with Crippen molar-refractivity contribution in [1.29, 1.82) is 0 Å². The Morgan fingerprint density at radius 1 is 0.850 bits per heavy atom. The first-order chi connectivity index (χ1) is 9.55. The van der Waals surface area contributed by atoms with Crippen molar-refractivity contribution in [1.82, 2.24) is 0 Å². The van der Waals surface area contributed by atoms with Crippen LogP contribution in [0.15, 0.2) is 59.1 Å². The van der Waals surface area contributed by atoms with Crippen LogP contribution in [0.3, 0.4) is 0 Å². The van der Waals surface area contributed by atoms with E-state index in [9.17, 15) is 0 Å². The fourth-order valence-electron chi connectivity index (χ4n) is 2.52. The van der Waals surface area contributed by atoms with Crippen molar-refractivity contribution in [2.24, 2.45) is 5.41 Å². The maximum atomic E-state index is 2.43. The van der Waals surface area contributed by atoms with Gasteiger partial charge in [0.15, 0.2) is 0 Å². The van der Waals surface area contributed by atoms with E-state index in [0.29, 0.717) is 19.8 Å². The van der Waals surface area contributed by atoms with Crippen LogP contribution in [0.4, 0.5) is 0 Å². The molecule has 0 amide bonds. The SMILES string of the molecule is CC(C)(C)C1=Cc2ccccc2C(c2ccccc2)[Se]1. The average molecular weight is 327 g/mol. The second kappa shape index (κ2) is 5.24. The first kappa shape index (κ1) is 13.7. The Bertz CT molecular complexity index is 632. The molecule has 1 unspecified atom stereocenters. The van der Waals surface area contributed by atoms with E-state index in [0.717, 1.165) is 0 Å². The zero-order valence-corrected chi connectivity index (χ0v) is 14.0. The van der Waals surface area contributed by atoms with Gasteiger partial charge in [-0.3, -0.25) is 0 Å². The summed E-state index contributed by atoms with van der Waals surface area (Å²) in [4.78, 5) is 0.555. The molecule has 102 valence electrons. The summed E-state index contributed by atoms with van der Waals surface area (Å²) in [6.45, 7) is 6.99. The third-order valence-corrected chi connectivity index (χ3v) is 7.31. The molecule has 1 heteroatoms. The van der Waals surface area contributed by atoms with E-state index in [1.54, 1.807) is 4.47 Å². The van der Waals surface area contributed by atoms with Crippen molar-refractivity contribution in [2.75, 3.05) is 0 Å².